The normalized spacial score (nSPS) is 31.3. The van der Waals surface area contributed by atoms with Gasteiger partial charge in [0.25, 0.3) is 0 Å². The van der Waals surface area contributed by atoms with E-state index in [-0.39, 0.29) is 12.6 Å². The first kappa shape index (κ1) is 22.2. The van der Waals surface area contributed by atoms with E-state index in [4.69, 9.17) is 0 Å². The van der Waals surface area contributed by atoms with Crippen molar-refractivity contribution in [2.45, 2.75) is 75.0 Å². The number of hydrogen-bond donors (Lipinski definition) is 2. The van der Waals surface area contributed by atoms with E-state index < -0.39 is 16.1 Å². The molecule has 3 heterocycles. The highest BCUT2D eigenvalue weighted by atomic mass is 32.2. The number of unbranched alkanes of at least 4 members (excludes halogenated alkanes) is 1. The SMILES string of the molecule is CC(O)c1ccc(S(=O)(=O)N2C[C@@H]3CCCN4CCC[C@@H]([C@H]34)[C@H]2CCCCO)cc1. The van der Waals surface area contributed by atoms with Gasteiger partial charge in [0.1, 0.15) is 0 Å². The summed E-state index contributed by atoms with van der Waals surface area (Å²) in [6.07, 6.45) is 6.26. The van der Waals surface area contributed by atoms with E-state index in [0.29, 0.717) is 29.3 Å². The first-order valence-electron chi connectivity index (χ1n) is 11.6. The van der Waals surface area contributed by atoms with Crippen LogP contribution in [0.25, 0.3) is 0 Å². The highest BCUT2D eigenvalue weighted by Crippen LogP contribution is 2.45. The number of piperidine rings is 3. The standard InChI is InChI=1S/C23H36N2O4S/c1-17(27)18-9-11-20(12-10-18)30(28,29)25-16-19-6-4-13-24-14-5-7-21(23(19)24)22(25)8-2-3-15-26/h9-12,17,19,21-23,26-27H,2-8,13-16H2,1H3/t17?,19-,21+,22+,23-/m0/s1. The smallest absolute Gasteiger partial charge is 0.243 e. The van der Waals surface area contributed by atoms with Crippen LogP contribution in [0.3, 0.4) is 0 Å². The van der Waals surface area contributed by atoms with Gasteiger partial charge >= 0.3 is 0 Å². The molecule has 6 nitrogen and oxygen atoms in total. The first-order chi connectivity index (χ1) is 14.4. The maximum atomic E-state index is 13.7. The molecule has 3 saturated heterocycles. The molecule has 1 aromatic rings. The van der Waals surface area contributed by atoms with Crippen molar-refractivity contribution in [3.63, 3.8) is 0 Å². The van der Waals surface area contributed by atoms with Gasteiger partial charge in [-0.25, -0.2) is 8.42 Å². The fourth-order valence-corrected chi connectivity index (χ4v) is 7.87. The van der Waals surface area contributed by atoms with Crippen LogP contribution in [0, 0.1) is 11.8 Å². The Bertz CT molecular complexity index is 809. The minimum atomic E-state index is -3.61. The highest BCUT2D eigenvalue weighted by molar-refractivity contribution is 7.89. The molecule has 0 spiro atoms. The van der Waals surface area contributed by atoms with Crippen molar-refractivity contribution >= 4 is 10.0 Å². The molecular formula is C23H36N2O4S. The van der Waals surface area contributed by atoms with E-state index in [1.165, 1.54) is 0 Å². The molecule has 0 amide bonds. The Morgan fingerprint density at radius 1 is 1.10 bits per heavy atom. The third-order valence-electron chi connectivity index (χ3n) is 7.50. The molecule has 0 saturated carbocycles. The van der Waals surface area contributed by atoms with Gasteiger partial charge in [-0.3, -0.25) is 4.90 Å². The van der Waals surface area contributed by atoms with E-state index in [1.54, 1.807) is 31.2 Å². The van der Waals surface area contributed by atoms with Gasteiger partial charge in [0.2, 0.25) is 10.0 Å². The van der Waals surface area contributed by atoms with Gasteiger partial charge in [-0.15, -0.1) is 0 Å². The van der Waals surface area contributed by atoms with Crippen LogP contribution in [0.4, 0.5) is 0 Å². The number of aliphatic hydroxyl groups is 2. The zero-order valence-electron chi connectivity index (χ0n) is 18.0. The highest BCUT2D eigenvalue weighted by Gasteiger charge is 2.51. The number of rotatable bonds is 7. The second-order valence-electron chi connectivity index (χ2n) is 9.34. The Hall–Kier alpha value is -0.990. The lowest BCUT2D eigenvalue weighted by Gasteiger charge is -2.57. The third kappa shape index (κ3) is 4.19. The molecule has 1 unspecified atom stereocenters. The molecule has 30 heavy (non-hydrogen) atoms. The average molecular weight is 437 g/mol. The summed E-state index contributed by atoms with van der Waals surface area (Å²) in [5.74, 6) is 0.785. The lowest BCUT2D eigenvalue weighted by molar-refractivity contribution is -0.0525. The maximum Gasteiger partial charge on any atom is 0.243 e. The molecule has 7 heteroatoms. The Labute approximate surface area is 180 Å². The quantitative estimate of drug-likeness (QED) is 0.643. The van der Waals surface area contributed by atoms with Crippen molar-refractivity contribution in [3.8, 4) is 0 Å². The molecule has 3 fully saturated rings. The van der Waals surface area contributed by atoms with Crippen LogP contribution in [0.1, 0.15) is 63.5 Å². The molecule has 3 aliphatic heterocycles. The van der Waals surface area contributed by atoms with Crippen LogP contribution in [0.15, 0.2) is 29.2 Å². The summed E-state index contributed by atoms with van der Waals surface area (Å²) >= 11 is 0. The van der Waals surface area contributed by atoms with E-state index in [9.17, 15) is 18.6 Å². The van der Waals surface area contributed by atoms with Crippen molar-refractivity contribution in [2.24, 2.45) is 11.8 Å². The maximum absolute atomic E-state index is 13.7. The van der Waals surface area contributed by atoms with Crippen LogP contribution in [-0.4, -0.2) is 66.2 Å². The lowest BCUT2D eigenvalue weighted by Crippen LogP contribution is -2.65. The Morgan fingerprint density at radius 2 is 1.80 bits per heavy atom. The van der Waals surface area contributed by atoms with Gasteiger partial charge in [-0.1, -0.05) is 12.1 Å². The summed E-state index contributed by atoms with van der Waals surface area (Å²) in [4.78, 5) is 2.95. The third-order valence-corrected chi connectivity index (χ3v) is 9.41. The van der Waals surface area contributed by atoms with Crippen molar-refractivity contribution in [2.75, 3.05) is 26.2 Å². The molecule has 3 aliphatic rings. The van der Waals surface area contributed by atoms with Crippen LogP contribution in [0.5, 0.6) is 0 Å². The number of benzene rings is 1. The number of nitrogens with zero attached hydrogens (tertiary/aromatic N) is 2. The Kier molecular flexibility index (Phi) is 6.85. The summed E-state index contributed by atoms with van der Waals surface area (Å²) < 4.78 is 29.3. The zero-order chi connectivity index (χ0) is 21.3. The fraction of sp³-hybridized carbons (Fsp3) is 0.739. The van der Waals surface area contributed by atoms with E-state index in [0.717, 1.165) is 63.6 Å². The molecule has 4 rings (SSSR count). The van der Waals surface area contributed by atoms with Crippen molar-refractivity contribution in [1.82, 2.24) is 9.21 Å². The van der Waals surface area contributed by atoms with Crippen LogP contribution < -0.4 is 0 Å². The minimum Gasteiger partial charge on any atom is -0.396 e. The fourth-order valence-electron chi connectivity index (χ4n) is 6.11. The summed E-state index contributed by atoms with van der Waals surface area (Å²) in [6, 6.07) is 7.22. The summed E-state index contributed by atoms with van der Waals surface area (Å²) in [7, 11) is -3.61. The van der Waals surface area contributed by atoms with Crippen LogP contribution >= 0.6 is 0 Å². The topological polar surface area (TPSA) is 81.1 Å². The van der Waals surface area contributed by atoms with Crippen molar-refractivity contribution < 1.29 is 18.6 Å². The summed E-state index contributed by atoms with van der Waals surface area (Å²) in [5, 5.41) is 19.0. The van der Waals surface area contributed by atoms with Crippen LogP contribution in [0.2, 0.25) is 0 Å². The van der Waals surface area contributed by atoms with Gasteiger partial charge in [-0.05, 0) is 94.5 Å². The van der Waals surface area contributed by atoms with E-state index >= 15 is 0 Å². The Balaban J connectivity index is 1.66. The summed E-state index contributed by atoms with van der Waals surface area (Å²) in [6.45, 7) is 4.73. The van der Waals surface area contributed by atoms with Gasteiger partial charge in [0, 0.05) is 25.2 Å². The van der Waals surface area contributed by atoms with Gasteiger partial charge in [0.05, 0.1) is 11.0 Å². The van der Waals surface area contributed by atoms with Crippen molar-refractivity contribution in [3.05, 3.63) is 29.8 Å². The second-order valence-corrected chi connectivity index (χ2v) is 11.2. The minimum absolute atomic E-state index is 0.000131. The zero-order valence-corrected chi connectivity index (χ0v) is 18.8. The number of sulfonamides is 1. The molecule has 2 N–H and O–H groups in total. The molecule has 168 valence electrons. The average Bonchev–Trinajstić information content (AvgIpc) is 2.75. The first-order valence-corrected chi connectivity index (χ1v) is 13.0. The Morgan fingerprint density at radius 3 is 2.47 bits per heavy atom. The van der Waals surface area contributed by atoms with Gasteiger partial charge in [0.15, 0.2) is 0 Å². The predicted molar refractivity (Wildman–Crippen MR) is 117 cm³/mol. The largest absolute Gasteiger partial charge is 0.396 e. The molecule has 0 radical (unpaired) electrons. The molecule has 0 bridgehead atoms. The van der Waals surface area contributed by atoms with E-state index in [1.807, 2.05) is 4.31 Å². The molecular weight excluding hydrogens is 400 g/mol. The second kappa shape index (κ2) is 9.25. The predicted octanol–water partition coefficient (Wildman–Crippen LogP) is 2.77. The van der Waals surface area contributed by atoms with Gasteiger partial charge < -0.3 is 10.2 Å². The van der Waals surface area contributed by atoms with Gasteiger partial charge in [-0.2, -0.15) is 4.31 Å². The van der Waals surface area contributed by atoms with Crippen molar-refractivity contribution in [1.29, 1.82) is 0 Å². The number of aliphatic hydroxyl groups excluding tert-OH is 2. The lowest BCUT2D eigenvalue weighted by atomic mass is 9.70. The molecule has 5 atom stereocenters. The molecule has 0 aliphatic carbocycles. The number of hydrogen-bond acceptors (Lipinski definition) is 5. The van der Waals surface area contributed by atoms with E-state index in [2.05, 4.69) is 4.90 Å². The monoisotopic (exact) mass is 436 g/mol. The molecule has 0 aromatic heterocycles. The summed E-state index contributed by atoms with van der Waals surface area (Å²) in [5.41, 5.74) is 0.724. The van der Waals surface area contributed by atoms with Crippen LogP contribution in [-0.2, 0) is 10.0 Å². The molecule has 1 aromatic carbocycles.